The van der Waals surface area contributed by atoms with E-state index in [4.69, 9.17) is 0 Å². The van der Waals surface area contributed by atoms with Crippen LogP contribution < -0.4 is 5.32 Å². The number of aliphatic hydroxyl groups excluding tert-OH is 1. The fraction of sp³-hybridized carbons (Fsp3) is 1.00. The SMILES string of the molecule is CCCC(C)(O)CNC1CS(=O)(=O)CC1O. The molecule has 3 atom stereocenters. The molecule has 0 aromatic rings. The van der Waals surface area contributed by atoms with Crippen LogP contribution in [0, 0.1) is 0 Å². The van der Waals surface area contributed by atoms with Crippen molar-refractivity contribution in [2.24, 2.45) is 0 Å². The van der Waals surface area contributed by atoms with Crippen LogP contribution in [0.2, 0.25) is 0 Å². The molecule has 1 fully saturated rings. The Bertz CT molecular complexity index is 326. The topological polar surface area (TPSA) is 86.6 Å². The van der Waals surface area contributed by atoms with Gasteiger partial charge in [0.05, 0.1) is 23.2 Å². The van der Waals surface area contributed by atoms with Gasteiger partial charge in [0, 0.05) is 12.6 Å². The minimum atomic E-state index is -3.12. The van der Waals surface area contributed by atoms with E-state index in [-0.39, 0.29) is 11.5 Å². The summed E-state index contributed by atoms with van der Waals surface area (Å²) in [4.78, 5) is 0. The molecule has 3 N–H and O–H groups in total. The second-order valence-corrected chi connectivity index (χ2v) is 7.03. The Morgan fingerprint density at radius 3 is 2.50 bits per heavy atom. The summed E-state index contributed by atoms with van der Waals surface area (Å²) in [5.74, 6) is -0.225. The molecule has 0 radical (unpaired) electrons. The molecule has 0 saturated carbocycles. The Labute approximate surface area is 96.8 Å². The molecule has 3 unspecified atom stereocenters. The smallest absolute Gasteiger partial charge is 0.154 e. The molecule has 1 aliphatic rings. The quantitative estimate of drug-likeness (QED) is 0.600. The maximum Gasteiger partial charge on any atom is 0.154 e. The monoisotopic (exact) mass is 251 g/mol. The number of hydrogen-bond acceptors (Lipinski definition) is 5. The molecule has 6 heteroatoms. The molecule has 1 heterocycles. The molecule has 0 aliphatic carbocycles. The van der Waals surface area contributed by atoms with Gasteiger partial charge in [-0.25, -0.2) is 8.42 Å². The van der Waals surface area contributed by atoms with Crippen molar-refractivity contribution >= 4 is 9.84 Å². The second kappa shape index (κ2) is 5.00. The fourth-order valence-corrected chi connectivity index (χ4v) is 3.78. The standard InChI is InChI=1S/C10H21NO4S/c1-3-4-10(2,13)7-11-8-5-16(14,15)6-9(8)12/h8-9,11-13H,3-7H2,1-2H3. The van der Waals surface area contributed by atoms with E-state index in [0.717, 1.165) is 6.42 Å². The Kier molecular flexibility index (Phi) is 4.34. The molecule has 1 rings (SSSR count). The van der Waals surface area contributed by atoms with E-state index in [1.165, 1.54) is 0 Å². The van der Waals surface area contributed by atoms with E-state index in [1.807, 2.05) is 6.92 Å². The van der Waals surface area contributed by atoms with Crippen molar-refractivity contribution in [2.75, 3.05) is 18.1 Å². The van der Waals surface area contributed by atoms with Gasteiger partial charge in [-0.15, -0.1) is 0 Å². The fourth-order valence-electron chi connectivity index (χ4n) is 2.00. The summed E-state index contributed by atoms with van der Waals surface area (Å²) in [6, 6.07) is -0.451. The molecule has 0 amide bonds. The van der Waals surface area contributed by atoms with Crippen LogP contribution >= 0.6 is 0 Å². The summed E-state index contributed by atoms with van der Waals surface area (Å²) in [6.07, 6.45) is 0.651. The van der Waals surface area contributed by atoms with Gasteiger partial charge in [0.2, 0.25) is 0 Å². The van der Waals surface area contributed by atoms with Gasteiger partial charge in [-0.2, -0.15) is 0 Å². The molecular formula is C10H21NO4S. The maximum atomic E-state index is 11.2. The highest BCUT2D eigenvalue weighted by Crippen LogP contribution is 2.15. The maximum absolute atomic E-state index is 11.2. The van der Waals surface area contributed by atoms with Crippen molar-refractivity contribution in [1.82, 2.24) is 5.32 Å². The Morgan fingerprint density at radius 2 is 2.06 bits per heavy atom. The van der Waals surface area contributed by atoms with Gasteiger partial charge < -0.3 is 15.5 Å². The van der Waals surface area contributed by atoms with Crippen LogP contribution in [0.15, 0.2) is 0 Å². The number of aliphatic hydroxyl groups is 2. The van der Waals surface area contributed by atoms with Crippen LogP contribution in [0.5, 0.6) is 0 Å². The van der Waals surface area contributed by atoms with Gasteiger partial charge >= 0.3 is 0 Å². The van der Waals surface area contributed by atoms with E-state index in [0.29, 0.717) is 13.0 Å². The summed E-state index contributed by atoms with van der Waals surface area (Å²) >= 11 is 0. The van der Waals surface area contributed by atoms with E-state index >= 15 is 0 Å². The molecule has 1 saturated heterocycles. The Morgan fingerprint density at radius 1 is 1.44 bits per heavy atom. The summed E-state index contributed by atoms with van der Waals surface area (Å²) in [5.41, 5.74) is -0.846. The van der Waals surface area contributed by atoms with Crippen molar-refractivity contribution in [3.8, 4) is 0 Å². The molecule has 1 aliphatic heterocycles. The van der Waals surface area contributed by atoms with Gasteiger partial charge in [-0.1, -0.05) is 13.3 Å². The zero-order chi connectivity index (χ0) is 12.4. The number of rotatable bonds is 5. The van der Waals surface area contributed by atoms with E-state index in [1.54, 1.807) is 6.92 Å². The van der Waals surface area contributed by atoms with E-state index in [2.05, 4.69) is 5.32 Å². The average molecular weight is 251 g/mol. The van der Waals surface area contributed by atoms with Crippen molar-refractivity contribution in [3.63, 3.8) is 0 Å². The van der Waals surface area contributed by atoms with Crippen LogP contribution in [-0.4, -0.2) is 54.4 Å². The minimum absolute atomic E-state index is 0.0453. The normalized spacial score (nSPS) is 32.5. The van der Waals surface area contributed by atoms with Gasteiger partial charge in [0.25, 0.3) is 0 Å². The van der Waals surface area contributed by atoms with Gasteiger partial charge in [-0.05, 0) is 13.3 Å². The summed E-state index contributed by atoms with van der Waals surface area (Å²) in [5, 5.41) is 22.4. The van der Waals surface area contributed by atoms with Crippen molar-refractivity contribution in [2.45, 2.75) is 44.4 Å². The predicted octanol–water partition coefficient (Wildman–Crippen LogP) is -0.715. The summed E-state index contributed by atoms with van der Waals surface area (Å²) < 4.78 is 22.5. The zero-order valence-corrected chi connectivity index (χ0v) is 10.6. The lowest BCUT2D eigenvalue weighted by atomic mass is 10.0. The highest BCUT2D eigenvalue weighted by atomic mass is 32.2. The summed E-state index contributed by atoms with van der Waals surface area (Å²) in [6.45, 7) is 3.99. The van der Waals surface area contributed by atoms with Crippen LogP contribution in [0.1, 0.15) is 26.7 Å². The lowest BCUT2D eigenvalue weighted by Crippen LogP contribution is -2.47. The Balaban J connectivity index is 2.45. The average Bonchev–Trinajstić information content (AvgIpc) is 2.36. The third-order valence-corrected chi connectivity index (χ3v) is 4.57. The highest BCUT2D eigenvalue weighted by molar-refractivity contribution is 7.91. The molecule has 0 aromatic heterocycles. The van der Waals surface area contributed by atoms with Gasteiger partial charge in [0.1, 0.15) is 0 Å². The third-order valence-electron chi connectivity index (χ3n) is 2.86. The Hall–Kier alpha value is -0.170. The van der Waals surface area contributed by atoms with Crippen molar-refractivity contribution < 1.29 is 18.6 Å². The largest absolute Gasteiger partial charge is 0.390 e. The second-order valence-electron chi connectivity index (χ2n) is 4.88. The zero-order valence-electron chi connectivity index (χ0n) is 9.81. The molecular weight excluding hydrogens is 230 g/mol. The van der Waals surface area contributed by atoms with E-state index in [9.17, 15) is 18.6 Å². The van der Waals surface area contributed by atoms with Crippen LogP contribution in [0.3, 0.4) is 0 Å². The number of nitrogens with one attached hydrogen (secondary N) is 1. The first-order chi connectivity index (χ1) is 7.26. The van der Waals surface area contributed by atoms with Gasteiger partial charge in [0.15, 0.2) is 9.84 Å². The lowest BCUT2D eigenvalue weighted by Gasteiger charge is -2.26. The molecule has 0 aromatic carbocycles. The predicted molar refractivity (Wildman–Crippen MR) is 62.0 cm³/mol. The highest BCUT2D eigenvalue weighted by Gasteiger charge is 2.37. The molecule has 16 heavy (non-hydrogen) atoms. The molecule has 96 valence electrons. The molecule has 0 bridgehead atoms. The molecule has 0 spiro atoms. The molecule has 5 nitrogen and oxygen atoms in total. The van der Waals surface area contributed by atoms with Crippen LogP contribution in [0.4, 0.5) is 0 Å². The first kappa shape index (κ1) is 13.9. The van der Waals surface area contributed by atoms with Crippen LogP contribution in [-0.2, 0) is 9.84 Å². The number of hydrogen-bond donors (Lipinski definition) is 3. The van der Waals surface area contributed by atoms with E-state index < -0.39 is 27.6 Å². The first-order valence-corrected chi connectivity index (χ1v) is 7.42. The van der Waals surface area contributed by atoms with Crippen molar-refractivity contribution in [1.29, 1.82) is 0 Å². The van der Waals surface area contributed by atoms with Crippen molar-refractivity contribution in [3.05, 3.63) is 0 Å². The number of sulfone groups is 1. The van der Waals surface area contributed by atoms with Crippen LogP contribution in [0.25, 0.3) is 0 Å². The third kappa shape index (κ3) is 4.01. The lowest BCUT2D eigenvalue weighted by molar-refractivity contribution is 0.0422. The first-order valence-electron chi connectivity index (χ1n) is 5.60. The minimum Gasteiger partial charge on any atom is -0.390 e. The van der Waals surface area contributed by atoms with Gasteiger partial charge in [-0.3, -0.25) is 0 Å². The summed E-state index contributed by atoms with van der Waals surface area (Å²) in [7, 11) is -3.12.